The van der Waals surface area contributed by atoms with E-state index < -0.39 is 10.0 Å². The maximum Gasteiger partial charge on any atom is 0.229 e. The number of thioether (sulfide) groups is 1. The van der Waals surface area contributed by atoms with E-state index in [-0.39, 0.29) is 0 Å². The zero-order valence-electron chi connectivity index (χ0n) is 12.2. The first-order chi connectivity index (χ1) is 10.5. The van der Waals surface area contributed by atoms with Gasteiger partial charge in [-0.3, -0.25) is 4.72 Å². The highest BCUT2D eigenvalue weighted by Crippen LogP contribution is 2.45. The van der Waals surface area contributed by atoms with Crippen LogP contribution in [0.1, 0.15) is 0 Å². The highest BCUT2D eigenvalue weighted by atomic mass is 32.2. The van der Waals surface area contributed by atoms with Crippen molar-refractivity contribution in [1.29, 1.82) is 0 Å². The first-order valence-corrected chi connectivity index (χ1v) is 10.6. The van der Waals surface area contributed by atoms with Crippen LogP contribution in [-0.2, 0) is 10.0 Å². The summed E-state index contributed by atoms with van der Waals surface area (Å²) >= 11 is 3.42. The van der Waals surface area contributed by atoms with Crippen LogP contribution in [0.3, 0.4) is 0 Å². The molecule has 6 heteroatoms. The Kier molecular flexibility index (Phi) is 4.16. The molecule has 0 atom stereocenters. The molecule has 0 bridgehead atoms. The lowest BCUT2D eigenvalue weighted by molar-refractivity contribution is 0.607. The summed E-state index contributed by atoms with van der Waals surface area (Å²) in [5.74, 6) is 0. The molecule has 0 saturated carbocycles. The molecule has 114 valence electrons. The average molecular weight is 350 g/mol. The van der Waals surface area contributed by atoms with Crippen LogP contribution in [0.2, 0.25) is 0 Å². The van der Waals surface area contributed by atoms with E-state index >= 15 is 0 Å². The summed E-state index contributed by atoms with van der Waals surface area (Å²) < 4.78 is 28.3. The predicted octanol–water partition coefficient (Wildman–Crippen LogP) is 4.66. The van der Waals surface area contributed by atoms with Crippen molar-refractivity contribution in [2.45, 2.75) is 4.21 Å². The Labute approximate surface area is 138 Å². The molecule has 0 spiro atoms. The Morgan fingerprint density at radius 3 is 2.45 bits per heavy atom. The molecule has 0 radical (unpaired) electrons. The molecule has 2 aromatic carbocycles. The van der Waals surface area contributed by atoms with Crippen molar-refractivity contribution in [3.05, 3.63) is 48.5 Å². The molecule has 3 nitrogen and oxygen atoms in total. The van der Waals surface area contributed by atoms with Crippen LogP contribution < -0.4 is 4.72 Å². The van der Waals surface area contributed by atoms with E-state index in [1.807, 2.05) is 36.6 Å². The third-order valence-electron chi connectivity index (χ3n) is 3.24. The highest BCUT2D eigenvalue weighted by Gasteiger charge is 2.17. The number of para-hydroxylation sites is 1. The van der Waals surface area contributed by atoms with Gasteiger partial charge in [-0.1, -0.05) is 36.4 Å². The summed E-state index contributed by atoms with van der Waals surface area (Å²) in [5.41, 5.74) is 2.62. The molecule has 3 rings (SSSR count). The van der Waals surface area contributed by atoms with E-state index in [9.17, 15) is 8.42 Å². The standard InChI is InChI=1S/C16H15NO2S3/c1-20-16-15(12-8-4-6-10-14(12)21-16)11-7-3-5-9-13(11)17-22(2,18)19/h3-10,17H,1-2H3. The zero-order valence-corrected chi connectivity index (χ0v) is 14.6. The quantitative estimate of drug-likeness (QED) is 0.697. The van der Waals surface area contributed by atoms with Gasteiger partial charge in [0.2, 0.25) is 10.0 Å². The van der Waals surface area contributed by atoms with Crippen molar-refractivity contribution in [2.24, 2.45) is 0 Å². The minimum absolute atomic E-state index is 0.615. The average Bonchev–Trinajstić information content (AvgIpc) is 2.84. The normalized spacial score (nSPS) is 11.7. The third kappa shape index (κ3) is 2.99. The van der Waals surface area contributed by atoms with Crippen molar-refractivity contribution in [2.75, 3.05) is 17.2 Å². The van der Waals surface area contributed by atoms with Gasteiger partial charge in [-0.15, -0.1) is 23.1 Å². The molecule has 0 aliphatic carbocycles. The Balaban J connectivity index is 2.28. The lowest BCUT2D eigenvalue weighted by Crippen LogP contribution is -2.10. The van der Waals surface area contributed by atoms with Crippen molar-refractivity contribution < 1.29 is 8.42 Å². The summed E-state index contributed by atoms with van der Waals surface area (Å²) in [5, 5.41) is 1.15. The van der Waals surface area contributed by atoms with E-state index in [0.717, 1.165) is 16.5 Å². The molecule has 0 unspecified atom stereocenters. The molecular formula is C16H15NO2S3. The third-order valence-corrected chi connectivity index (χ3v) is 6.12. The Hall–Kier alpha value is -1.50. The van der Waals surface area contributed by atoms with Gasteiger partial charge in [0.1, 0.15) is 0 Å². The number of sulfonamides is 1. The summed E-state index contributed by atoms with van der Waals surface area (Å²) in [4.78, 5) is 0. The summed E-state index contributed by atoms with van der Waals surface area (Å²) in [6.07, 6.45) is 3.21. The highest BCUT2D eigenvalue weighted by molar-refractivity contribution is 8.00. The molecule has 1 heterocycles. The zero-order chi connectivity index (χ0) is 15.7. The molecule has 0 aliphatic heterocycles. The van der Waals surface area contributed by atoms with E-state index in [0.29, 0.717) is 5.69 Å². The monoisotopic (exact) mass is 349 g/mol. The smallest absolute Gasteiger partial charge is 0.229 e. The molecule has 1 aromatic heterocycles. The first kappa shape index (κ1) is 15.4. The van der Waals surface area contributed by atoms with Crippen LogP contribution in [0.5, 0.6) is 0 Å². The van der Waals surface area contributed by atoms with Crippen LogP contribution in [0.25, 0.3) is 21.2 Å². The second-order valence-corrected chi connectivity index (χ2v) is 8.76. The van der Waals surface area contributed by atoms with Gasteiger partial charge in [0.15, 0.2) is 0 Å². The Morgan fingerprint density at radius 1 is 1.05 bits per heavy atom. The molecule has 3 aromatic rings. The number of fused-ring (bicyclic) bond motifs is 1. The van der Waals surface area contributed by atoms with E-state index in [1.165, 1.54) is 15.2 Å². The van der Waals surface area contributed by atoms with Crippen LogP contribution in [0.15, 0.2) is 52.7 Å². The number of hydrogen-bond donors (Lipinski definition) is 1. The molecule has 0 saturated heterocycles. The second-order valence-electron chi connectivity index (χ2n) is 4.88. The van der Waals surface area contributed by atoms with E-state index in [4.69, 9.17) is 0 Å². The number of anilines is 1. The number of benzene rings is 2. The van der Waals surface area contributed by atoms with Crippen LogP contribution >= 0.6 is 23.1 Å². The Bertz CT molecular complexity index is 929. The fourth-order valence-corrected chi connectivity index (χ4v) is 4.96. The summed E-state index contributed by atoms with van der Waals surface area (Å²) in [6, 6.07) is 15.7. The first-order valence-electron chi connectivity index (χ1n) is 6.62. The van der Waals surface area contributed by atoms with Crippen LogP contribution in [-0.4, -0.2) is 20.9 Å². The molecule has 1 N–H and O–H groups in total. The largest absolute Gasteiger partial charge is 0.283 e. The number of nitrogens with one attached hydrogen (secondary N) is 1. The topological polar surface area (TPSA) is 46.2 Å². The fraction of sp³-hybridized carbons (Fsp3) is 0.125. The van der Waals surface area contributed by atoms with Gasteiger partial charge in [0.25, 0.3) is 0 Å². The van der Waals surface area contributed by atoms with Crippen molar-refractivity contribution >= 4 is 48.9 Å². The minimum Gasteiger partial charge on any atom is -0.283 e. The Morgan fingerprint density at radius 2 is 1.73 bits per heavy atom. The van der Waals surface area contributed by atoms with E-state index in [1.54, 1.807) is 29.2 Å². The van der Waals surface area contributed by atoms with Gasteiger partial charge >= 0.3 is 0 Å². The SMILES string of the molecule is CSc1sc2ccccc2c1-c1ccccc1NS(C)(=O)=O. The molecular weight excluding hydrogens is 334 g/mol. The number of hydrogen-bond acceptors (Lipinski definition) is 4. The lowest BCUT2D eigenvalue weighted by Gasteiger charge is -2.11. The maximum atomic E-state index is 11.6. The van der Waals surface area contributed by atoms with Gasteiger partial charge in [0.05, 0.1) is 16.2 Å². The summed E-state index contributed by atoms with van der Waals surface area (Å²) in [6.45, 7) is 0. The predicted molar refractivity (Wildman–Crippen MR) is 97.5 cm³/mol. The van der Waals surface area contributed by atoms with Crippen LogP contribution in [0, 0.1) is 0 Å². The molecule has 22 heavy (non-hydrogen) atoms. The van der Waals surface area contributed by atoms with E-state index in [2.05, 4.69) is 16.9 Å². The van der Waals surface area contributed by atoms with Crippen molar-refractivity contribution in [3.8, 4) is 11.1 Å². The van der Waals surface area contributed by atoms with Gasteiger partial charge in [-0.2, -0.15) is 0 Å². The van der Waals surface area contributed by atoms with Gasteiger partial charge in [-0.25, -0.2) is 8.42 Å². The molecule has 0 amide bonds. The van der Waals surface area contributed by atoms with Crippen LogP contribution in [0.4, 0.5) is 5.69 Å². The van der Waals surface area contributed by atoms with Crippen molar-refractivity contribution in [3.63, 3.8) is 0 Å². The molecule has 0 fully saturated rings. The van der Waals surface area contributed by atoms with Gasteiger partial charge in [0, 0.05) is 21.2 Å². The maximum absolute atomic E-state index is 11.6. The fourth-order valence-electron chi connectivity index (χ4n) is 2.41. The van der Waals surface area contributed by atoms with Gasteiger partial charge in [-0.05, 0) is 18.4 Å². The molecule has 0 aliphatic rings. The summed E-state index contributed by atoms with van der Waals surface area (Å²) in [7, 11) is -3.32. The second kappa shape index (κ2) is 5.95. The number of rotatable bonds is 4. The lowest BCUT2D eigenvalue weighted by atomic mass is 10.0. The number of thiophene rings is 1. The van der Waals surface area contributed by atoms with Crippen molar-refractivity contribution in [1.82, 2.24) is 0 Å². The minimum atomic E-state index is -3.32. The van der Waals surface area contributed by atoms with Gasteiger partial charge < -0.3 is 0 Å².